The fraction of sp³-hybridized carbons (Fsp3) is 0.200. The number of nitrogens with zero attached hydrogens (tertiary/aromatic N) is 3. The average Bonchev–Trinajstić information content (AvgIpc) is 2.95. The van der Waals surface area contributed by atoms with Crippen molar-refractivity contribution in [2.45, 2.75) is 13.5 Å². The summed E-state index contributed by atoms with van der Waals surface area (Å²) in [4.78, 5) is 8.72. The first-order chi connectivity index (χ1) is 10.3. The highest BCUT2D eigenvalue weighted by atomic mass is 35.5. The first-order valence-electron chi connectivity index (χ1n) is 6.71. The second-order valence-electron chi connectivity index (χ2n) is 4.50. The fourth-order valence-electron chi connectivity index (χ4n) is 2.03. The summed E-state index contributed by atoms with van der Waals surface area (Å²) in [6.45, 7) is 3.16. The number of imidazole rings is 1. The van der Waals surface area contributed by atoms with Gasteiger partial charge in [0.1, 0.15) is 12.4 Å². The van der Waals surface area contributed by atoms with Crippen LogP contribution in [0.5, 0.6) is 5.88 Å². The monoisotopic (exact) mass is 302 g/mol. The number of aromatic nitrogens is 3. The molecule has 1 aromatic carbocycles. The SMILES string of the molecule is CCNc1cn2ccnc2c(OCc2ccccc2Cl)n1. The van der Waals surface area contributed by atoms with Crippen LogP contribution in [0.1, 0.15) is 12.5 Å². The van der Waals surface area contributed by atoms with Crippen molar-refractivity contribution in [2.24, 2.45) is 0 Å². The molecule has 3 rings (SSSR count). The van der Waals surface area contributed by atoms with Gasteiger partial charge in [-0.2, -0.15) is 4.98 Å². The van der Waals surface area contributed by atoms with Gasteiger partial charge in [-0.3, -0.25) is 4.40 Å². The third kappa shape index (κ3) is 2.92. The number of benzene rings is 1. The van der Waals surface area contributed by atoms with Gasteiger partial charge < -0.3 is 10.1 Å². The molecule has 6 heteroatoms. The molecule has 0 saturated carbocycles. The van der Waals surface area contributed by atoms with E-state index in [1.807, 2.05) is 48.0 Å². The van der Waals surface area contributed by atoms with Crippen LogP contribution >= 0.6 is 11.6 Å². The van der Waals surface area contributed by atoms with Gasteiger partial charge in [-0.1, -0.05) is 29.8 Å². The molecule has 5 nitrogen and oxygen atoms in total. The van der Waals surface area contributed by atoms with Crippen molar-refractivity contribution in [3.63, 3.8) is 0 Å². The third-order valence-electron chi connectivity index (χ3n) is 3.02. The van der Waals surface area contributed by atoms with E-state index in [0.717, 1.165) is 17.9 Å². The highest BCUT2D eigenvalue weighted by molar-refractivity contribution is 6.31. The second-order valence-corrected chi connectivity index (χ2v) is 4.91. The minimum atomic E-state index is 0.352. The van der Waals surface area contributed by atoms with E-state index in [-0.39, 0.29) is 0 Å². The third-order valence-corrected chi connectivity index (χ3v) is 3.39. The predicted octanol–water partition coefficient (Wildman–Crippen LogP) is 3.39. The zero-order valence-corrected chi connectivity index (χ0v) is 12.3. The van der Waals surface area contributed by atoms with E-state index in [0.29, 0.717) is 23.2 Å². The minimum absolute atomic E-state index is 0.352. The van der Waals surface area contributed by atoms with Crippen LogP contribution in [-0.2, 0) is 6.61 Å². The molecule has 108 valence electrons. The molecule has 0 aliphatic carbocycles. The summed E-state index contributed by atoms with van der Waals surface area (Å²) in [6, 6.07) is 7.59. The average molecular weight is 303 g/mol. The summed E-state index contributed by atoms with van der Waals surface area (Å²) in [7, 11) is 0. The van der Waals surface area contributed by atoms with Crippen LogP contribution < -0.4 is 10.1 Å². The molecule has 0 unspecified atom stereocenters. The number of fused-ring (bicyclic) bond motifs is 1. The molecule has 3 aromatic rings. The Labute approximate surface area is 127 Å². The number of ether oxygens (including phenoxy) is 1. The van der Waals surface area contributed by atoms with Gasteiger partial charge in [-0.15, -0.1) is 0 Å². The quantitative estimate of drug-likeness (QED) is 0.785. The van der Waals surface area contributed by atoms with Crippen LogP contribution in [0.4, 0.5) is 5.82 Å². The normalized spacial score (nSPS) is 10.8. The zero-order valence-electron chi connectivity index (χ0n) is 11.6. The van der Waals surface area contributed by atoms with Crippen molar-refractivity contribution < 1.29 is 4.74 Å². The smallest absolute Gasteiger partial charge is 0.260 e. The lowest BCUT2D eigenvalue weighted by Gasteiger charge is -2.10. The summed E-state index contributed by atoms with van der Waals surface area (Å²) in [6.07, 6.45) is 5.46. The van der Waals surface area contributed by atoms with Crippen LogP contribution in [0.15, 0.2) is 42.9 Å². The van der Waals surface area contributed by atoms with E-state index in [9.17, 15) is 0 Å². The van der Waals surface area contributed by atoms with E-state index in [4.69, 9.17) is 16.3 Å². The van der Waals surface area contributed by atoms with Crippen LogP contribution in [0, 0.1) is 0 Å². The number of hydrogen-bond donors (Lipinski definition) is 1. The Hall–Kier alpha value is -2.27. The van der Waals surface area contributed by atoms with Crippen molar-refractivity contribution in [1.29, 1.82) is 0 Å². The Bertz CT molecular complexity index is 756. The maximum Gasteiger partial charge on any atom is 0.260 e. The fourth-order valence-corrected chi connectivity index (χ4v) is 2.22. The first-order valence-corrected chi connectivity index (χ1v) is 7.09. The second kappa shape index (κ2) is 6.01. The van der Waals surface area contributed by atoms with E-state index in [1.165, 1.54) is 0 Å². The van der Waals surface area contributed by atoms with Gasteiger partial charge in [-0.05, 0) is 13.0 Å². The van der Waals surface area contributed by atoms with Gasteiger partial charge in [-0.25, -0.2) is 4.98 Å². The van der Waals surface area contributed by atoms with E-state index >= 15 is 0 Å². The summed E-state index contributed by atoms with van der Waals surface area (Å²) in [5, 5.41) is 3.85. The lowest BCUT2D eigenvalue weighted by atomic mass is 10.2. The Morgan fingerprint density at radius 1 is 1.33 bits per heavy atom. The number of rotatable bonds is 5. The maximum absolute atomic E-state index is 6.14. The lowest BCUT2D eigenvalue weighted by molar-refractivity contribution is 0.296. The molecule has 0 radical (unpaired) electrons. The molecular formula is C15H15ClN4O. The number of nitrogens with one attached hydrogen (secondary N) is 1. The molecule has 0 fully saturated rings. The van der Waals surface area contributed by atoms with Crippen LogP contribution in [0.2, 0.25) is 5.02 Å². The maximum atomic E-state index is 6.14. The molecule has 2 aromatic heterocycles. The summed E-state index contributed by atoms with van der Waals surface area (Å²) in [5.74, 6) is 1.23. The van der Waals surface area contributed by atoms with Crippen molar-refractivity contribution in [3.05, 3.63) is 53.4 Å². The van der Waals surface area contributed by atoms with Gasteiger partial charge in [0.25, 0.3) is 5.88 Å². The summed E-state index contributed by atoms with van der Waals surface area (Å²) < 4.78 is 7.69. The van der Waals surface area contributed by atoms with Crippen molar-refractivity contribution in [1.82, 2.24) is 14.4 Å². The molecule has 0 aliphatic heterocycles. The number of anilines is 1. The van der Waals surface area contributed by atoms with Crippen LogP contribution in [0.25, 0.3) is 5.65 Å². The number of halogens is 1. The Morgan fingerprint density at radius 3 is 3.00 bits per heavy atom. The molecule has 0 amide bonds. The topological polar surface area (TPSA) is 51.5 Å². The number of hydrogen-bond acceptors (Lipinski definition) is 4. The van der Waals surface area contributed by atoms with E-state index in [2.05, 4.69) is 15.3 Å². The predicted molar refractivity (Wildman–Crippen MR) is 82.9 cm³/mol. The molecule has 0 bridgehead atoms. The largest absolute Gasteiger partial charge is 0.470 e. The molecule has 0 saturated heterocycles. The molecule has 0 aliphatic rings. The van der Waals surface area contributed by atoms with Crippen molar-refractivity contribution >= 4 is 23.1 Å². The molecular weight excluding hydrogens is 288 g/mol. The molecule has 21 heavy (non-hydrogen) atoms. The van der Waals surface area contributed by atoms with Gasteiger partial charge >= 0.3 is 0 Å². The lowest BCUT2D eigenvalue weighted by Crippen LogP contribution is -2.05. The summed E-state index contributed by atoms with van der Waals surface area (Å²) in [5.41, 5.74) is 1.60. The highest BCUT2D eigenvalue weighted by Crippen LogP contribution is 2.22. The molecule has 1 N–H and O–H groups in total. The Kier molecular flexibility index (Phi) is 3.92. The molecule has 2 heterocycles. The van der Waals surface area contributed by atoms with Crippen molar-refractivity contribution in [3.8, 4) is 5.88 Å². The Balaban J connectivity index is 1.89. The van der Waals surface area contributed by atoms with Crippen LogP contribution in [-0.4, -0.2) is 20.9 Å². The van der Waals surface area contributed by atoms with Gasteiger partial charge in [0.2, 0.25) is 5.65 Å². The summed E-state index contributed by atoms with van der Waals surface area (Å²) >= 11 is 6.14. The Morgan fingerprint density at radius 2 is 2.19 bits per heavy atom. The van der Waals surface area contributed by atoms with Crippen LogP contribution in [0.3, 0.4) is 0 Å². The van der Waals surface area contributed by atoms with Gasteiger partial charge in [0, 0.05) is 29.5 Å². The molecule has 0 spiro atoms. The van der Waals surface area contributed by atoms with E-state index in [1.54, 1.807) is 6.20 Å². The highest BCUT2D eigenvalue weighted by Gasteiger charge is 2.09. The van der Waals surface area contributed by atoms with Gasteiger partial charge in [0.05, 0.1) is 6.20 Å². The van der Waals surface area contributed by atoms with Crippen molar-refractivity contribution in [2.75, 3.05) is 11.9 Å². The van der Waals surface area contributed by atoms with Gasteiger partial charge in [0.15, 0.2) is 0 Å². The minimum Gasteiger partial charge on any atom is -0.470 e. The zero-order chi connectivity index (χ0) is 14.7. The first kappa shape index (κ1) is 13.7. The van der Waals surface area contributed by atoms with E-state index < -0.39 is 0 Å². The standard InChI is InChI=1S/C15H15ClN4O/c1-2-17-13-9-20-8-7-18-14(20)15(19-13)21-10-11-5-3-4-6-12(11)16/h3-9,17H,2,10H2,1H3. The molecule has 0 atom stereocenters.